The Morgan fingerprint density at radius 1 is 0.282 bits per heavy atom. The van der Waals surface area contributed by atoms with E-state index in [2.05, 4.69) is 354 Å². The van der Waals surface area contributed by atoms with Crippen molar-refractivity contribution in [2.24, 2.45) is 0 Å². The van der Waals surface area contributed by atoms with E-state index in [0.29, 0.717) is 0 Å². The topological polar surface area (TPSA) is 38.1 Å². The molecule has 4 heteroatoms. The van der Waals surface area contributed by atoms with Gasteiger partial charge >= 0.3 is 0 Å². The number of anilines is 6. The van der Waals surface area contributed by atoms with Gasteiger partial charge in [-0.3, -0.25) is 0 Å². The third-order valence-electron chi connectivity index (χ3n) is 22.5. The quantitative estimate of drug-likeness (QED) is 0.0664. The molecule has 16 rings (SSSR count). The number of hydrogen-bond acceptors (Lipinski definition) is 2. The fraction of sp³-hybridized carbons (Fsp3) is 0.232. The smallest absolute Gasteiger partial charge is 0.0468 e. The Morgan fingerprint density at radius 3 is 1.14 bits per heavy atom. The summed E-state index contributed by atoms with van der Waals surface area (Å²) < 4.78 is 0. The summed E-state index contributed by atoms with van der Waals surface area (Å²) in [7, 11) is 0. The molecule has 1 aliphatic carbocycles. The van der Waals surface area contributed by atoms with Gasteiger partial charge < -0.3 is 19.8 Å². The zero-order valence-corrected chi connectivity index (χ0v) is 61.4. The molecule has 0 saturated carbocycles. The second kappa shape index (κ2) is 27.9. The van der Waals surface area contributed by atoms with Gasteiger partial charge in [-0.15, -0.1) is 0 Å². The maximum atomic E-state index is 3.74. The number of hydrogen-bond donors (Lipinski definition) is 2. The largest absolute Gasteiger partial charge is 0.355 e. The first-order valence-electron chi connectivity index (χ1n) is 38.2. The van der Waals surface area contributed by atoms with Gasteiger partial charge in [0.05, 0.1) is 0 Å². The van der Waals surface area contributed by atoms with Crippen LogP contribution >= 0.6 is 0 Å². The number of nitrogens with one attached hydrogen (secondary N) is 2. The molecule has 103 heavy (non-hydrogen) atoms. The lowest BCUT2D eigenvalue weighted by Crippen LogP contribution is -2.26. The van der Waals surface area contributed by atoms with Crippen molar-refractivity contribution in [3.8, 4) is 55.6 Å². The molecule has 1 aliphatic rings. The molecule has 0 unspecified atom stereocenters. The zero-order chi connectivity index (χ0) is 70.4. The standard InChI is InChI=1S/C99H96N4/c1-9-11-13-15-23-57-99(58-24-16-14-12-10-2)91-66-83(103(79-46-37-70(38-47-79)68-29-21-18-22-30-68)81-34-26-32-72(60-81)74-41-54-93-88(63-74)90-65-77(98(6,7)8)43-56-95(90)101-93)49-52-85(91)86-50-39-75-61-82(48-51-84(75)96(86)99)102(78-44-35-69(36-45-78)67-27-19-17-20-28-67)80-33-25-31-71(59-80)73-40-53-92-87(62-73)89-64-76(97(3,4)5)42-55-94(89)100-92/h17-22,25-56,59-66,100-101H,9-16,23-24,57-58H2,1-8H3. The molecule has 0 bridgehead atoms. The fourth-order valence-electron chi connectivity index (χ4n) is 16.8. The lowest BCUT2D eigenvalue weighted by atomic mass is 9.69. The summed E-state index contributed by atoms with van der Waals surface area (Å²) in [6.07, 6.45) is 14.5. The van der Waals surface area contributed by atoms with Crippen LogP contribution in [0.25, 0.3) is 110 Å². The third kappa shape index (κ3) is 13.0. The van der Waals surface area contributed by atoms with Crippen LogP contribution in [-0.4, -0.2) is 9.97 Å². The fourth-order valence-corrected chi connectivity index (χ4v) is 16.8. The minimum atomic E-state index is -0.228. The van der Waals surface area contributed by atoms with Gasteiger partial charge in [-0.1, -0.05) is 277 Å². The molecule has 0 atom stereocenters. The summed E-state index contributed by atoms with van der Waals surface area (Å²) in [4.78, 5) is 12.5. The summed E-state index contributed by atoms with van der Waals surface area (Å²) in [5, 5.41) is 7.67. The molecular formula is C99H96N4. The second-order valence-corrected chi connectivity index (χ2v) is 31.4. The number of aromatic amines is 2. The van der Waals surface area contributed by atoms with Crippen LogP contribution in [0.4, 0.5) is 34.1 Å². The highest BCUT2D eigenvalue weighted by atomic mass is 15.1. The molecule has 0 radical (unpaired) electrons. The SMILES string of the molecule is CCCCCCCC1(CCCCCCC)c2cc(N(c3ccc(-c4ccccc4)cc3)c3cccc(-c4ccc5[nH]c6ccc(C(C)(C)C)cc6c5c4)c3)ccc2-c2ccc3cc(N(c4ccc(-c5ccccc5)cc4)c4cccc(-c5ccc6[nH]c7ccc(C(C)(C)C)cc7c6c5)c4)ccc3c21. The van der Waals surface area contributed by atoms with Crippen molar-refractivity contribution < 1.29 is 0 Å². The number of aromatic nitrogens is 2. The Labute approximate surface area is 610 Å². The van der Waals surface area contributed by atoms with Gasteiger partial charge in [-0.2, -0.15) is 0 Å². The Morgan fingerprint density at radius 2 is 0.660 bits per heavy atom. The van der Waals surface area contributed by atoms with Crippen molar-refractivity contribution >= 4 is 88.5 Å². The first-order valence-corrected chi connectivity index (χ1v) is 38.2. The van der Waals surface area contributed by atoms with Crippen molar-refractivity contribution in [3.63, 3.8) is 0 Å². The van der Waals surface area contributed by atoms with Crippen molar-refractivity contribution in [1.29, 1.82) is 0 Å². The van der Waals surface area contributed by atoms with Crippen molar-refractivity contribution in [1.82, 2.24) is 9.97 Å². The monoisotopic (exact) mass is 1340 g/mol. The van der Waals surface area contributed by atoms with Crippen LogP contribution in [0.5, 0.6) is 0 Å². The minimum Gasteiger partial charge on any atom is -0.355 e. The zero-order valence-electron chi connectivity index (χ0n) is 61.4. The summed E-state index contributed by atoms with van der Waals surface area (Å²) in [5.74, 6) is 0. The van der Waals surface area contributed by atoms with E-state index in [0.717, 1.165) is 52.3 Å². The molecule has 15 aromatic rings. The molecule has 2 aromatic heterocycles. The first kappa shape index (κ1) is 66.8. The average molecular weight is 1340 g/mol. The van der Waals surface area contributed by atoms with Gasteiger partial charge in [0.2, 0.25) is 0 Å². The van der Waals surface area contributed by atoms with Crippen molar-refractivity contribution in [2.45, 2.75) is 149 Å². The molecule has 2 N–H and O–H groups in total. The van der Waals surface area contributed by atoms with E-state index >= 15 is 0 Å². The van der Waals surface area contributed by atoms with Crippen LogP contribution in [0, 0.1) is 0 Å². The highest BCUT2D eigenvalue weighted by Crippen LogP contribution is 2.58. The van der Waals surface area contributed by atoms with E-state index in [9.17, 15) is 0 Å². The summed E-state index contributed by atoms with van der Waals surface area (Å²) in [5.41, 5.74) is 29.3. The van der Waals surface area contributed by atoms with Crippen LogP contribution < -0.4 is 9.80 Å². The Hall–Kier alpha value is -10.7. The number of rotatable bonds is 22. The minimum absolute atomic E-state index is 0.0400. The predicted molar refractivity (Wildman–Crippen MR) is 444 cm³/mol. The third-order valence-corrected chi connectivity index (χ3v) is 22.5. The molecule has 0 saturated heterocycles. The van der Waals surface area contributed by atoms with E-state index in [1.807, 2.05) is 0 Å². The van der Waals surface area contributed by atoms with Crippen LogP contribution in [0.1, 0.15) is 155 Å². The van der Waals surface area contributed by atoms with Gasteiger partial charge in [-0.05, 0) is 234 Å². The number of nitrogens with zero attached hydrogens (tertiary/aromatic N) is 2. The molecule has 13 aromatic carbocycles. The Balaban J connectivity index is 0.837. The molecule has 0 amide bonds. The predicted octanol–water partition coefficient (Wildman–Crippen LogP) is 29.3. The maximum absolute atomic E-state index is 3.74. The van der Waals surface area contributed by atoms with Crippen LogP contribution in [0.15, 0.2) is 279 Å². The maximum Gasteiger partial charge on any atom is 0.0468 e. The Kier molecular flexibility index (Phi) is 18.1. The van der Waals surface area contributed by atoms with E-state index in [1.165, 1.54) is 191 Å². The van der Waals surface area contributed by atoms with E-state index in [4.69, 9.17) is 0 Å². The van der Waals surface area contributed by atoms with Gasteiger partial charge in [0.25, 0.3) is 0 Å². The second-order valence-electron chi connectivity index (χ2n) is 31.4. The number of fused-ring (bicyclic) bond motifs is 11. The average Bonchev–Trinajstić information content (AvgIpc) is 1.55. The van der Waals surface area contributed by atoms with E-state index in [1.54, 1.807) is 0 Å². The van der Waals surface area contributed by atoms with E-state index in [-0.39, 0.29) is 16.2 Å². The van der Waals surface area contributed by atoms with Crippen molar-refractivity contribution in [2.75, 3.05) is 9.80 Å². The molecule has 512 valence electrons. The molecule has 4 nitrogen and oxygen atoms in total. The Bertz CT molecular complexity index is 5550. The lowest BCUT2D eigenvalue weighted by Gasteiger charge is -2.35. The number of unbranched alkanes of at least 4 members (excludes halogenated alkanes) is 8. The van der Waals surface area contributed by atoms with Crippen molar-refractivity contribution in [3.05, 3.63) is 301 Å². The molecule has 0 spiro atoms. The van der Waals surface area contributed by atoms with Gasteiger partial charge in [-0.25, -0.2) is 0 Å². The summed E-state index contributed by atoms with van der Waals surface area (Å²) >= 11 is 0. The molecule has 2 heterocycles. The van der Waals surface area contributed by atoms with Gasteiger partial charge in [0.1, 0.15) is 0 Å². The highest BCUT2D eigenvalue weighted by molar-refractivity contribution is 6.10. The number of benzene rings is 13. The van der Waals surface area contributed by atoms with Crippen LogP contribution in [-0.2, 0) is 16.2 Å². The molecular weight excluding hydrogens is 1250 g/mol. The highest BCUT2D eigenvalue weighted by Gasteiger charge is 2.44. The first-order chi connectivity index (χ1) is 50.2. The van der Waals surface area contributed by atoms with Crippen LogP contribution in [0.2, 0.25) is 0 Å². The van der Waals surface area contributed by atoms with E-state index < -0.39 is 0 Å². The van der Waals surface area contributed by atoms with Gasteiger partial charge in [0.15, 0.2) is 0 Å². The molecule has 0 fully saturated rings. The summed E-state index contributed by atoms with van der Waals surface area (Å²) in [6, 6.07) is 106. The number of H-pyrrole nitrogens is 2. The normalized spacial score (nSPS) is 12.8. The lowest BCUT2D eigenvalue weighted by molar-refractivity contribution is 0.401. The summed E-state index contributed by atoms with van der Waals surface area (Å²) in [6.45, 7) is 18.5. The van der Waals surface area contributed by atoms with Crippen LogP contribution in [0.3, 0.4) is 0 Å². The van der Waals surface area contributed by atoms with Gasteiger partial charge in [0, 0.05) is 83.2 Å². The molecule has 0 aliphatic heterocycles.